The van der Waals surface area contributed by atoms with Gasteiger partial charge >= 0.3 is 0 Å². The van der Waals surface area contributed by atoms with Crippen molar-refractivity contribution in [3.63, 3.8) is 0 Å². The van der Waals surface area contributed by atoms with Gasteiger partial charge in [-0.15, -0.1) is 5.11 Å². The highest BCUT2D eigenvalue weighted by Crippen LogP contribution is 2.33. The number of anilines is 3. The van der Waals surface area contributed by atoms with Gasteiger partial charge in [0.1, 0.15) is 23.9 Å². The quantitative estimate of drug-likeness (QED) is 0.125. The number of methoxy groups -OCH3 is 1. The second-order valence-electron chi connectivity index (χ2n) is 7.44. The number of nitrogens with zero attached hydrogens (tertiary/aromatic N) is 5. The summed E-state index contributed by atoms with van der Waals surface area (Å²) in [5.74, 6) is 2.90. The summed E-state index contributed by atoms with van der Waals surface area (Å²) in [6.45, 7) is 4.70. The third kappa shape index (κ3) is 7.61. The van der Waals surface area contributed by atoms with Crippen molar-refractivity contribution < 1.29 is 13.9 Å². The van der Waals surface area contributed by atoms with Crippen LogP contribution in [0.2, 0.25) is 0 Å². The van der Waals surface area contributed by atoms with Crippen LogP contribution in [0.25, 0.3) is 0 Å². The Bertz CT molecular complexity index is 1360. The van der Waals surface area contributed by atoms with E-state index in [1.807, 2.05) is 48.5 Å². The Labute approximate surface area is 230 Å². The molecule has 10 nitrogen and oxygen atoms in total. The molecule has 0 bridgehead atoms. The molecule has 0 fully saturated rings. The number of azo groups is 1. The molecule has 2 aromatic heterocycles. The lowest BCUT2D eigenvalue weighted by atomic mass is 10.2. The van der Waals surface area contributed by atoms with Crippen molar-refractivity contribution in [1.29, 1.82) is 0 Å². The van der Waals surface area contributed by atoms with Crippen LogP contribution in [-0.4, -0.2) is 28.7 Å². The molecule has 2 aromatic carbocycles. The van der Waals surface area contributed by atoms with Gasteiger partial charge in [-0.3, -0.25) is 0 Å². The number of furan rings is 1. The predicted octanol–water partition coefficient (Wildman–Crippen LogP) is 7.20. The minimum absolute atomic E-state index is 0.135. The van der Waals surface area contributed by atoms with Gasteiger partial charge < -0.3 is 24.5 Å². The summed E-state index contributed by atoms with van der Waals surface area (Å²) < 4.78 is 18.1. The molecule has 0 aliphatic carbocycles. The van der Waals surface area contributed by atoms with Crippen LogP contribution in [0.1, 0.15) is 11.3 Å². The number of halogens is 2. The molecular weight excluding hydrogens is 606 g/mol. The molecule has 4 rings (SSSR count). The van der Waals surface area contributed by atoms with Crippen LogP contribution >= 0.6 is 31.9 Å². The zero-order chi connectivity index (χ0) is 26.0. The molecule has 2 heterocycles. The maximum atomic E-state index is 5.80. The van der Waals surface area contributed by atoms with Crippen LogP contribution in [0.15, 0.2) is 91.0 Å². The summed E-state index contributed by atoms with van der Waals surface area (Å²) >= 11 is 7.03. The molecule has 0 radical (unpaired) electrons. The van der Waals surface area contributed by atoms with Crippen LogP contribution in [-0.2, 0) is 13.1 Å². The standard InChI is InChI=1S/C25H23Br2N7O3/c1-3-10-37-22-16(12-17(26)13-21(22)27)14-29-34-25-32-23(28-15-20-5-4-11-36-20)31-24(33-25)30-18-6-8-19(35-2)9-7-18/h3-9,11-13H,1,10,14-15H2,2H3,(H2,28,30,31,32,33). The molecule has 4 aromatic rings. The minimum atomic E-state index is 0.135. The molecule has 0 saturated carbocycles. The van der Waals surface area contributed by atoms with Gasteiger partial charge in [0, 0.05) is 15.7 Å². The summed E-state index contributed by atoms with van der Waals surface area (Å²) in [4.78, 5) is 13.2. The maximum absolute atomic E-state index is 5.80. The lowest BCUT2D eigenvalue weighted by Gasteiger charge is -2.11. The van der Waals surface area contributed by atoms with Gasteiger partial charge in [-0.25, -0.2) is 0 Å². The molecule has 0 spiro atoms. The van der Waals surface area contributed by atoms with Gasteiger partial charge in [0.2, 0.25) is 11.9 Å². The van der Waals surface area contributed by atoms with Crippen LogP contribution in [0.5, 0.6) is 11.5 Å². The SMILES string of the molecule is C=CCOc1c(Br)cc(Br)cc1CN=Nc1nc(NCc2ccco2)nc(Nc2ccc(OC)cc2)n1. The van der Waals surface area contributed by atoms with Gasteiger partial charge in [0.15, 0.2) is 0 Å². The summed E-state index contributed by atoms with van der Waals surface area (Å²) in [6.07, 6.45) is 3.28. The molecular formula is C25H23Br2N7O3. The van der Waals surface area contributed by atoms with Crippen molar-refractivity contribution in [2.24, 2.45) is 10.2 Å². The highest BCUT2D eigenvalue weighted by atomic mass is 79.9. The first-order valence-corrected chi connectivity index (χ1v) is 12.6. The molecule has 190 valence electrons. The molecule has 2 N–H and O–H groups in total. The number of ether oxygens (including phenoxy) is 2. The largest absolute Gasteiger partial charge is 0.497 e. The van der Waals surface area contributed by atoms with E-state index in [0.29, 0.717) is 30.8 Å². The minimum Gasteiger partial charge on any atom is -0.497 e. The second-order valence-corrected chi connectivity index (χ2v) is 9.21. The van der Waals surface area contributed by atoms with E-state index < -0.39 is 0 Å². The molecule has 37 heavy (non-hydrogen) atoms. The zero-order valence-electron chi connectivity index (χ0n) is 19.8. The molecule has 0 atom stereocenters. The van der Waals surface area contributed by atoms with Crippen molar-refractivity contribution in [2.75, 3.05) is 24.4 Å². The third-order valence-electron chi connectivity index (χ3n) is 4.80. The average molecular weight is 629 g/mol. The number of hydrogen-bond donors (Lipinski definition) is 2. The summed E-state index contributed by atoms with van der Waals surface area (Å²) in [7, 11) is 1.62. The summed E-state index contributed by atoms with van der Waals surface area (Å²) in [5.41, 5.74) is 1.60. The first kappa shape index (κ1) is 26.3. The fraction of sp³-hybridized carbons (Fsp3) is 0.160. The first-order chi connectivity index (χ1) is 18.0. The Kier molecular flexibility index (Phi) is 9.22. The lowest BCUT2D eigenvalue weighted by Crippen LogP contribution is -2.06. The number of aromatic nitrogens is 3. The fourth-order valence-corrected chi connectivity index (χ4v) is 4.57. The third-order valence-corrected chi connectivity index (χ3v) is 5.85. The van der Waals surface area contributed by atoms with Gasteiger partial charge in [0.05, 0.1) is 30.9 Å². The van der Waals surface area contributed by atoms with E-state index in [-0.39, 0.29) is 12.5 Å². The molecule has 0 saturated heterocycles. The highest BCUT2D eigenvalue weighted by molar-refractivity contribution is 9.11. The highest BCUT2D eigenvalue weighted by Gasteiger charge is 2.11. The van der Waals surface area contributed by atoms with Crippen LogP contribution in [0.3, 0.4) is 0 Å². The normalized spacial score (nSPS) is 10.9. The van der Waals surface area contributed by atoms with Gasteiger partial charge in [-0.05, 0) is 64.5 Å². The van der Waals surface area contributed by atoms with E-state index in [1.54, 1.807) is 19.4 Å². The fourth-order valence-electron chi connectivity index (χ4n) is 3.14. The first-order valence-electron chi connectivity index (χ1n) is 11.1. The zero-order valence-corrected chi connectivity index (χ0v) is 23.0. The summed E-state index contributed by atoms with van der Waals surface area (Å²) in [5, 5.41) is 14.9. The van der Waals surface area contributed by atoms with E-state index in [1.165, 1.54) is 0 Å². The van der Waals surface area contributed by atoms with Crippen LogP contribution in [0.4, 0.5) is 23.5 Å². The Hall–Kier alpha value is -3.77. The van der Waals surface area contributed by atoms with E-state index >= 15 is 0 Å². The van der Waals surface area contributed by atoms with E-state index in [9.17, 15) is 0 Å². The van der Waals surface area contributed by atoms with Gasteiger partial charge in [-0.1, -0.05) is 28.6 Å². The van der Waals surface area contributed by atoms with Crippen molar-refractivity contribution in [3.05, 3.63) is 87.7 Å². The van der Waals surface area contributed by atoms with Crippen molar-refractivity contribution in [1.82, 2.24) is 15.0 Å². The number of benzene rings is 2. The maximum Gasteiger partial charge on any atom is 0.275 e. The monoisotopic (exact) mass is 627 g/mol. The lowest BCUT2D eigenvalue weighted by molar-refractivity contribution is 0.356. The van der Waals surface area contributed by atoms with E-state index in [4.69, 9.17) is 13.9 Å². The Morgan fingerprint density at radius 3 is 2.62 bits per heavy atom. The molecule has 0 aliphatic rings. The van der Waals surface area contributed by atoms with Crippen molar-refractivity contribution >= 4 is 55.4 Å². The topological polar surface area (TPSA) is 119 Å². The molecule has 0 amide bonds. The van der Waals surface area contributed by atoms with Crippen LogP contribution < -0.4 is 20.1 Å². The van der Waals surface area contributed by atoms with E-state index in [0.717, 1.165) is 31.7 Å². The number of hydrogen-bond acceptors (Lipinski definition) is 10. The average Bonchev–Trinajstić information content (AvgIpc) is 3.41. The van der Waals surface area contributed by atoms with Crippen LogP contribution in [0, 0.1) is 0 Å². The summed E-state index contributed by atoms with van der Waals surface area (Å²) in [6, 6.07) is 14.9. The number of nitrogens with one attached hydrogen (secondary N) is 2. The molecule has 0 unspecified atom stereocenters. The van der Waals surface area contributed by atoms with Gasteiger partial charge in [-0.2, -0.15) is 20.1 Å². The van der Waals surface area contributed by atoms with E-state index in [2.05, 4.69) is 74.3 Å². The second kappa shape index (κ2) is 13.0. The predicted molar refractivity (Wildman–Crippen MR) is 148 cm³/mol. The molecule has 0 aliphatic heterocycles. The smallest absolute Gasteiger partial charge is 0.275 e. The van der Waals surface area contributed by atoms with Crippen molar-refractivity contribution in [3.8, 4) is 11.5 Å². The molecule has 12 heteroatoms. The Morgan fingerprint density at radius 2 is 1.89 bits per heavy atom. The number of rotatable bonds is 12. The Balaban J connectivity index is 1.56. The Morgan fingerprint density at radius 1 is 1.08 bits per heavy atom. The van der Waals surface area contributed by atoms with Gasteiger partial charge in [0.25, 0.3) is 5.95 Å². The van der Waals surface area contributed by atoms with Crippen molar-refractivity contribution in [2.45, 2.75) is 13.1 Å².